The Morgan fingerprint density at radius 3 is 2.27 bits per heavy atom. The van der Waals surface area contributed by atoms with E-state index in [1.54, 1.807) is 21.0 Å². The summed E-state index contributed by atoms with van der Waals surface area (Å²) in [6.07, 6.45) is 1.34. The predicted molar refractivity (Wildman–Crippen MR) is 135 cm³/mol. The third-order valence-electron chi connectivity index (χ3n) is 5.06. The molecule has 0 radical (unpaired) electrons. The third kappa shape index (κ3) is 7.61. The molecule has 2 aromatic carbocycles. The highest BCUT2D eigenvalue weighted by atomic mass is 32.2. The fourth-order valence-electron chi connectivity index (χ4n) is 3.20. The molecule has 0 saturated carbocycles. The van der Waals surface area contributed by atoms with E-state index in [9.17, 15) is 22.8 Å². The lowest BCUT2D eigenvalue weighted by Crippen LogP contribution is -2.31. The number of ether oxygens (including phenoxy) is 2. The molecule has 0 aliphatic carbocycles. The molecule has 0 bridgehead atoms. The Balaban J connectivity index is 1.57. The maximum Gasteiger partial charge on any atom is 0.357 e. The maximum absolute atomic E-state index is 12.6. The number of pyridine rings is 1. The first kappa shape index (κ1) is 27.3. The number of hydrogen-bond acceptors (Lipinski definition) is 8. The van der Waals surface area contributed by atoms with Gasteiger partial charge in [-0.05, 0) is 74.4 Å². The summed E-state index contributed by atoms with van der Waals surface area (Å²) in [5.74, 6) is -1.21. The van der Waals surface area contributed by atoms with E-state index in [2.05, 4.69) is 10.3 Å². The van der Waals surface area contributed by atoms with E-state index in [-0.39, 0.29) is 33.7 Å². The molecule has 0 fully saturated rings. The Morgan fingerprint density at radius 2 is 1.65 bits per heavy atom. The van der Waals surface area contributed by atoms with Crippen molar-refractivity contribution in [2.75, 3.05) is 13.7 Å². The predicted octanol–water partition coefficient (Wildman–Crippen LogP) is 2.75. The van der Waals surface area contributed by atoms with Crippen molar-refractivity contribution >= 4 is 27.8 Å². The van der Waals surface area contributed by atoms with Crippen LogP contribution in [0, 0.1) is 0 Å². The Labute approximate surface area is 215 Å². The molecular weight excluding hydrogens is 498 g/mol. The molecule has 3 rings (SSSR count). The number of benzene rings is 2. The van der Waals surface area contributed by atoms with Crippen LogP contribution in [0.4, 0.5) is 0 Å². The Kier molecular flexibility index (Phi) is 8.96. The molecule has 1 heterocycles. The third-order valence-corrected chi connectivity index (χ3v) is 6.41. The lowest BCUT2D eigenvalue weighted by atomic mass is 10.1. The summed E-state index contributed by atoms with van der Waals surface area (Å²) in [7, 11) is -2.63. The van der Waals surface area contributed by atoms with E-state index < -0.39 is 21.9 Å². The zero-order valence-corrected chi connectivity index (χ0v) is 21.4. The number of esters is 1. The van der Waals surface area contributed by atoms with Crippen LogP contribution in [0.15, 0.2) is 71.8 Å². The van der Waals surface area contributed by atoms with Gasteiger partial charge in [0.05, 0.1) is 23.7 Å². The van der Waals surface area contributed by atoms with Crippen LogP contribution in [0.2, 0.25) is 0 Å². The van der Waals surface area contributed by atoms with Crippen molar-refractivity contribution in [3.63, 3.8) is 0 Å². The molecule has 2 N–H and O–H groups in total. The number of amides is 2. The van der Waals surface area contributed by atoms with Crippen molar-refractivity contribution in [1.82, 2.24) is 15.0 Å². The number of nitrogens with zero attached hydrogens (tertiary/aromatic N) is 1. The molecule has 0 atom stereocenters. The Morgan fingerprint density at radius 1 is 0.946 bits per heavy atom. The van der Waals surface area contributed by atoms with Crippen LogP contribution in [0.25, 0.3) is 0 Å². The smallest absolute Gasteiger partial charge is 0.357 e. The molecule has 2 amide bonds. The van der Waals surface area contributed by atoms with Gasteiger partial charge in [0.2, 0.25) is 0 Å². The molecule has 0 saturated heterocycles. The fourth-order valence-corrected chi connectivity index (χ4v) is 4.17. The molecule has 3 aromatic rings. The van der Waals surface area contributed by atoms with Crippen LogP contribution in [0.1, 0.15) is 50.6 Å². The highest BCUT2D eigenvalue weighted by Crippen LogP contribution is 2.14. The van der Waals surface area contributed by atoms with Gasteiger partial charge in [0.1, 0.15) is 11.4 Å². The van der Waals surface area contributed by atoms with Gasteiger partial charge in [0, 0.05) is 18.3 Å². The molecule has 37 heavy (non-hydrogen) atoms. The minimum atomic E-state index is -4.21. The minimum absolute atomic E-state index is 0.00883. The van der Waals surface area contributed by atoms with E-state index in [1.165, 1.54) is 36.4 Å². The second-order valence-electron chi connectivity index (χ2n) is 8.20. The quantitative estimate of drug-likeness (QED) is 0.385. The number of aromatic nitrogens is 1. The van der Waals surface area contributed by atoms with Gasteiger partial charge in [-0.15, -0.1) is 0 Å². The standard InChI is InChI=1S/C26H27N3O7S/c1-17(2)36-26(32)23-12-9-20(16-28-23)25(31)29-37(33,34)22-10-7-19(8-11-22)24(30)27-14-13-18-5-4-6-21(15-18)35-3/h4-12,15-17H,13-14H2,1-3H3,(H,27,30)(H,29,31). The van der Waals surface area contributed by atoms with Gasteiger partial charge in [0.25, 0.3) is 21.8 Å². The molecule has 0 aliphatic heterocycles. The Bertz CT molecular complexity index is 1370. The SMILES string of the molecule is COc1cccc(CCNC(=O)c2ccc(S(=O)(=O)NC(=O)c3ccc(C(=O)OC(C)C)nc3)cc2)c1. The first-order chi connectivity index (χ1) is 17.6. The number of rotatable bonds is 10. The zero-order chi connectivity index (χ0) is 27.0. The van der Waals surface area contributed by atoms with Gasteiger partial charge in [0.15, 0.2) is 0 Å². The normalized spacial score (nSPS) is 11.0. The Hall–Kier alpha value is -4.25. The van der Waals surface area contributed by atoms with Gasteiger partial charge in [-0.1, -0.05) is 12.1 Å². The summed E-state index contributed by atoms with van der Waals surface area (Å²) in [4.78, 5) is 40.4. The van der Waals surface area contributed by atoms with Crippen LogP contribution in [0.3, 0.4) is 0 Å². The minimum Gasteiger partial charge on any atom is -0.497 e. The summed E-state index contributed by atoms with van der Waals surface area (Å²) in [6.45, 7) is 3.75. The summed E-state index contributed by atoms with van der Waals surface area (Å²) in [5, 5.41) is 2.78. The molecule has 1 aromatic heterocycles. The second kappa shape index (κ2) is 12.1. The van der Waals surface area contributed by atoms with Crippen molar-refractivity contribution in [1.29, 1.82) is 0 Å². The molecular formula is C26H27N3O7S. The highest BCUT2D eigenvalue weighted by molar-refractivity contribution is 7.90. The number of methoxy groups -OCH3 is 1. The fraction of sp³-hybridized carbons (Fsp3) is 0.231. The van der Waals surface area contributed by atoms with E-state index >= 15 is 0 Å². The summed E-state index contributed by atoms with van der Waals surface area (Å²) < 4.78 is 37.4. The summed E-state index contributed by atoms with van der Waals surface area (Å²) in [5.41, 5.74) is 1.20. The second-order valence-corrected chi connectivity index (χ2v) is 9.89. The number of sulfonamides is 1. The topological polar surface area (TPSA) is 141 Å². The molecule has 0 aliphatic rings. The van der Waals surface area contributed by atoms with Crippen LogP contribution in [-0.2, 0) is 21.2 Å². The number of nitrogens with one attached hydrogen (secondary N) is 2. The molecule has 0 unspecified atom stereocenters. The monoisotopic (exact) mass is 525 g/mol. The average molecular weight is 526 g/mol. The van der Waals surface area contributed by atoms with Gasteiger partial charge >= 0.3 is 5.97 Å². The molecule has 0 spiro atoms. The number of hydrogen-bond donors (Lipinski definition) is 2. The van der Waals surface area contributed by atoms with Crippen LogP contribution in [-0.4, -0.2) is 50.9 Å². The summed E-state index contributed by atoms with van der Waals surface area (Å²) >= 11 is 0. The van der Waals surface area contributed by atoms with Crippen LogP contribution >= 0.6 is 0 Å². The average Bonchev–Trinajstić information content (AvgIpc) is 2.88. The lowest BCUT2D eigenvalue weighted by molar-refractivity contribution is 0.0370. The number of carbonyl (C=O) groups is 3. The first-order valence-corrected chi connectivity index (χ1v) is 12.8. The van der Waals surface area contributed by atoms with Gasteiger partial charge in [-0.2, -0.15) is 0 Å². The van der Waals surface area contributed by atoms with Crippen LogP contribution < -0.4 is 14.8 Å². The summed E-state index contributed by atoms with van der Waals surface area (Å²) in [6, 6.07) is 15.2. The van der Waals surface area contributed by atoms with Gasteiger partial charge < -0.3 is 14.8 Å². The molecule has 194 valence electrons. The van der Waals surface area contributed by atoms with E-state index in [1.807, 2.05) is 29.0 Å². The van der Waals surface area contributed by atoms with Crippen molar-refractivity contribution in [2.24, 2.45) is 0 Å². The van der Waals surface area contributed by atoms with Gasteiger partial charge in [-0.25, -0.2) is 22.9 Å². The molecule has 11 heteroatoms. The zero-order valence-electron chi connectivity index (χ0n) is 20.6. The van der Waals surface area contributed by atoms with E-state index in [4.69, 9.17) is 9.47 Å². The van der Waals surface area contributed by atoms with Crippen molar-refractivity contribution in [3.05, 3.63) is 89.2 Å². The van der Waals surface area contributed by atoms with Crippen molar-refractivity contribution in [3.8, 4) is 5.75 Å². The van der Waals surface area contributed by atoms with Gasteiger partial charge in [-0.3, -0.25) is 9.59 Å². The van der Waals surface area contributed by atoms with Crippen molar-refractivity contribution < 1.29 is 32.3 Å². The molecule has 10 nitrogen and oxygen atoms in total. The van der Waals surface area contributed by atoms with Crippen molar-refractivity contribution in [2.45, 2.75) is 31.3 Å². The first-order valence-electron chi connectivity index (χ1n) is 11.3. The van der Waals surface area contributed by atoms with Crippen LogP contribution in [0.5, 0.6) is 5.75 Å². The number of carbonyl (C=O) groups excluding carboxylic acids is 3. The maximum atomic E-state index is 12.6. The van der Waals surface area contributed by atoms with E-state index in [0.29, 0.717) is 13.0 Å². The lowest BCUT2D eigenvalue weighted by Gasteiger charge is -2.10. The highest BCUT2D eigenvalue weighted by Gasteiger charge is 2.20. The van der Waals surface area contributed by atoms with E-state index in [0.717, 1.165) is 17.5 Å². The largest absolute Gasteiger partial charge is 0.497 e.